The number of aromatic nitrogens is 4. The van der Waals surface area contributed by atoms with E-state index in [1.807, 2.05) is 53.3 Å². The van der Waals surface area contributed by atoms with E-state index in [1.165, 1.54) is 0 Å². The molecule has 1 unspecified atom stereocenters. The molecule has 0 spiro atoms. The molecule has 2 N–H and O–H groups in total. The average Bonchev–Trinajstić information content (AvgIpc) is 3.51. The molecule has 0 radical (unpaired) electrons. The first-order valence-corrected chi connectivity index (χ1v) is 10.7. The first-order valence-electron chi connectivity index (χ1n) is 10.3. The molecule has 4 aromatic rings. The van der Waals surface area contributed by atoms with Gasteiger partial charge in [-0.3, -0.25) is 4.99 Å². The quantitative estimate of drug-likeness (QED) is 0.326. The molecule has 9 heteroatoms. The average molecular weight is 450 g/mol. The van der Waals surface area contributed by atoms with Gasteiger partial charge in [-0.2, -0.15) is 10.1 Å². The second kappa shape index (κ2) is 10.1. The van der Waals surface area contributed by atoms with Crippen LogP contribution in [-0.2, 0) is 6.42 Å². The van der Waals surface area contributed by atoms with Gasteiger partial charge in [0, 0.05) is 43.0 Å². The van der Waals surface area contributed by atoms with Gasteiger partial charge >= 0.3 is 0 Å². The molecule has 0 saturated heterocycles. The van der Waals surface area contributed by atoms with Gasteiger partial charge in [-0.05, 0) is 42.8 Å². The zero-order chi connectivity index (χ0) is 22.3. The molecule has 0 fully saturated rings. The third kappa shape index (κ3) is 5.33. The number of guanidine groups is 1. The lowest BCUT2D eigenvalue weighted by Crippen LogP contribution is -2.39. The fraction of sp³-hybridized carbons (Fsp3) is 0.217. The molecule has 0 saturated carbocycles. The molecule has 2 aromatic heterocycles. The van der Waals surface area contributed by atoms with Crippen LogP contribution in [0.4, 0.5) is 0 Å². The van der Waals surface area contributed by atoms with E-state index in [-0.39, 0.29) is 6.04 Å². The maximum Gasteiger partial charge on any atom is 0.228 e. The number of nitrogens with one attached hydrogen (secondary N) is 2. The predicted octanol–water partition coefficient (Wildman–Crippen LogP) is 4.04. The molecule has 32 heavy (non-hydrogen) atoms. The Hall–Kier alpha value is -3.65. The molecule has 164 valence electrons. The third-order valence-electron chi connectivity index (χ3n) is 4.90. The Balaban J connectivity index is 1.31. The Morgan fingerprint density at radius 2 is 2.06 bits per heavy atom. The van der Waals surface area contributed by atoms with E-state index in [0.717, 1.165) is 16.8 Å². The summed E-state index contributed by atoms with van der Waals surface area (Å²) in [4.78, 5) is 8.76. The molecular formula is C23H24ClN7O. The molecule has 0 aliphatic carbocycles. The van der Waals surface area contributed by atoms with Crippen LogP contribution >= 0.6 is 11.6 Å². The highest BCUT2D eigenvalue weighted by molar-refractivity contribution is 6.30. The number of aliphatic imine (C=N–C) groups is 1. The molecule has 0 bridgehead atoms. The van der Waals surface area contributed by atoms with Crippen LogP contribution in [0.2, 0.25) is 5.02 Å². The van der Waals surface area contributed by atoms with E-state index in [2.05, 4.69) is 49.9 Å². The smallest absolute Gasteiger partial charge is 0.228 e. The molecule has 4 rings (SSSR count). The van der Waals surface area contributed by atoms with Crippen LogP contribution < -0.4 is 10.6 Å². The number of nitrogens with zero attached hydrogens (tertiary/aromatic N) is 5. The van der Waals surface area contributed by atoms with Crippen molar-refractivity contribution in [3.63, 3.8) is 0 Å². The van der Waals surface area contributed by atoms with Crippen LogP contribution in [0.1, 0.15) is 24.4 Å². The number of benzene rings is 2. The van der Waals surface area contributed by atoms with Gasteiger partial charge in [-0.25, -0.2) is 4.68 Å². The molecule has 2 heterocycles. The lowest BCUT2D eigenvalue weighted by Gasteiger charge is -2.18. The highest BCUT2D eigenvalue weighted by Crippen LogP contribution is 2.20. The first kappa shape index (κ1) is 21.6. The van der Waals surface area contributed by atoms with Crippen LogP contribution in [-0.4, -0.2) is 39.5 Å². The zero-order valence-electron chi connectivity index (χ0n) is 17.9. The van der Waals surface area contributed by atoms with Crippen LogP contribution in [0.3, 0.4) is 0 Å². The van der Waals surface area contributed by atoms with E-state index < -0.39 is 0 Å². The summed E-state index contributed by atoms with van der Waals surface area (Å²) in [6, 6.07) is 17.6. The summed E-state index contributed by atoms with van der Waals surface area (Å²) >= 11 is 6.04. The Kier molecular flexibility index (Phi) is 6.81. The Labute approximate surface area is 191 Å². The van der Waals surface area contributed by atoms with Gasteiger partial charge in [0.1, 0.15) is 0 Å². The number of halogens is 1. The van der Waals surface area contributed by atoms with Gasteiger partial charge in [-0.1, -0.05) is 41.0 Å². The molecule has 2 aromatic carbocycles. The minimum atomic E-state index is 0.0505. The molecular weight excluding hydrogens is 426 g/mol. The maximum absolute atomic E-state index is 6.04. The minimum Gasteiger partial charge on any atom is -0.356 e. The van der Waals surface area contributed by atoms with Crippen LogP contribution in [0.25, 0.3) is 17.1 Å². The summed E-state index contributed by atoms with van der Waals surface area (Å²) in [5, 5.41) is 15.7. The van der Waals surface area contributed by atoms with E-state index in [9.17, 15) is 0 Å². The molecule has 1 atom stereocenters. The van der Waals surface area contributed by atoms with Crippen molar-refractivity contribution < 1.29 is 4.52 Å². The summed E-state index contributed by atoms with van der Waals surface area (Å²) in [6.07, 6.45) is 4.26. The van der Waals surface area contributed by atoms with E-state index >= 15 is 0 Å². The minimum absolute atomic E-state index is 0.0505. The summed E-state index contributed by atoms with van der Waals surface area (Å²) in [5.74, 6) is 1.76. The molecule has 0 amide bonds. The Morgan fingerprint density at radius 1 is 1.19 bits per heavy atom. The van der Waals surface area contributed by atoms with Crippen LogP contribution in [0, 0.1) is 0 Å². The van der Waals surface area contributed by atoms with Gasteiger partial charge in [-0.15, -0.1) is 0 Å². The van der Waals surface area contributed by atoms with E-state index in [0.29, 0.717) is 35.7 Å². The fourth-order valence-corrected chi connectivity index (χ4v) is 3.42. The van der Waals surface area contributed by atoms with Gasteiger partial charge in [0.05, 0.1) is 11.7 Å². The van der Waals surface area contributed by atoms with Crippen molar-refractivity contribution >= 4 is 17.6 Å². The first-order chi connectivity index (χ1) is 15.6. The lowest BCUT2D eigenvalue weighted by atomic mass is 10.1. The predicted molar refractivity (Wildman–Crippen MR) is 125 cm³/mol. The number of hydrogen-bond donors (Lipinski definition) is 2. The van der Waals surface area contributed by atoms with Crippen molar-refractivity contribution in [3.8, 4) is 17.1 Å². The normalized spacial score (nSPS) is 12.5. The molecule has 8 nitrogen and oxygen atoms in total. The second-order valence-corrected chi connectivity index (χ2v) is 7.62. The highest BCUT2D eigenvalue weighted by Gasteiger charge is 2.11. The van der Waals surface area contributed by atoms with Gasteiger partial charge < -0.3 is 15.2 Å². The largest absolute Gasteiger partial charge is 0.356 e. The second-order valence-electron chi connectivity index (χ2n) is 7.18. The summed E-state index contributed by atoms with van der Waals surface area (Å²) in [7, 11) is 1.74. The van der Waals surface area contributed by atoms with Gasteiger partial charge in [0.15, 0.2) is 5.96 Å². The van der Waals surface area contributed by atoms with Crippen molar-refractivity contribution in [2.45, 2.75) is 19.4 Å². The number of rotatable bonds is 7. The van der Waals surface area contributed by atoms with Gasteiger partial charge in [0.2, 0.25) is 11.7 Å². The van der Waals surface area contributed by atoms with E-state index in [1.54, 1.807) is 13.2 Å². The third-order valence-corrected chi connectivity index (χ3v) is 5.13. The molecule has 0 aliphatic rings. The fourth-order valence-electron chi connectivity index (χ4n) is 3.23. The SMILES string of the molecule is CN=C(NCCc1nc(-c2cccc(Cl)c2)no1)NC(C)c1cccc(-n2cccn2)c1. The van der Waals surface area contributed by atoms with Crippen molar-refractivity contribution in [2.24, 2.45) is 4.99 Å². The van der Waals surface area contributed by atoms with Crippen molar-refractivity contribution in [2.75, 3.05) is 13.6 Å². The monoisotopic (exact) mass is 449 g/mol. The van der Waals surface area contributed by atoms with Crippen molar-refractivity contribution in [3.05, 3.63) is 83.5 Å². The van der Waals surface area contributed by atoms with Crippen LogP contribution in [0.15, 0.2) is 76.5 Å². The van der Waals surface area contributed by atoms with Crippen LogP contribution in [0.5, 0.6) is 0 Å². The standard InChI is InChI=1S/C23H24ClN7O/c1-16(17-6-4-9-20(15-17)31-13-5-11-27-31)28-23(25-2)26-12-10-21-29-22(30-32-21)18-7-3-8-19(24)14-18/h3-9,11,13-16H,10,12H2,1-2H3,(H2,25,26,28). The summed E-state index contributed by atoms with van der Waals surface area (Å²) < 4.78 is 7.20. The van der Waals surface area contributed by atoms with Gasteiger partial charge in [0.25, 0.3) is 0 Å². The lowest BCUT2D eigenvalue weighted by molar-refractivity contribution is 0.378. The maximum atomic E-state index is 6.04. The Morgan fingerprint density at radius 3 is 2.84 bits per heavy atom. The number of hydrogen-bond acceptors (Lipinski definition) is 5. The summed E-state index contributed by atoms with van der Waals surface area (Å²) in [5.41, 5.74) is 2.96. The topological polar surface area (TPSA) is 93.2 Å². The van der Waals surface area contributed by atoms with E-state index in [4.69, 9.17) is 16.1 Å². The molecule has 0 aliphatic heterocycles. The van der Waals surface area contributed by atoms with Crippen molar-refractivity contribution in [1.29, 1.82) is 0 Å². The zero-order valence-corrected chi connectivity index (χ0v) is 18.6. The summed E-state index contributed by atoms with van der Waals surface area (Å²) in [6.45, 7) is 2.68. The highest BCUT2D eigenvalue weighted by atomic mass is 35.5. The van der Waals surface area contributed by atoms with Crippen molar-refractivity contribution in [1.82, 2.24) is 30.6 Å². The Bertz CT molecular complexity index is 1190.